The number of aromatic nitrogens is 2. The molecule has 0 atom stereocenters. The number of anilines is 1. The summed E-state index contributed by atoms with van der Waals surface area (Å²) in [6, 6.07) is 0. The quantitative estimate of drug-likeness (QED) is 0.708. The molecule has 1 rings (SSSR count). The molecule has 0 saturated carbocycles. The molecular weight excluding hydrogens is 240 g/mol. The normalized spacial score (nSPS) is 10.5. The van der Waals surface area contributed by atoms with Crippen LogP contribution >= 0.6 is 0 Å². The Labute approximate surface area is 115 Å². The topological polar surface area (TPSA) is 66.9 Å². The van der Waals surface area contributed by atoms with Crippen molar-refractivity contribution >= 4 is 11.7 Å². The Hall–Kier alpha value is -1.65. The maximum atomic E-state index is 11.8. The van der Waals surface area contributed by atoms with Crippen molar-refractivity contribution in [2.24, 2.45) is 5.92 Å². The lowest BCUT2D eigenvalue weighted by atomic mass is 10.2. The molecule has 1 heterocycles. The molecule has 1 aromatic heterocycles. The van der Waals surface area contributed by atoms with Gasteiger partial charge >= 0.3 is 0 Å². The maximum Gasteiger partial charge on any atom is 0.271 e. The van der Waals surface area contributed by atoms with E-state index in [0.717, 1.165) is 25.8 Å². The number of nitrogens with zero attached hydrogens (tertiary/aromatic N) is 2. The molecule has 0 aliphatic rings. The van der Waals surface area contributed by atoms with Crippen molar-refractivity contribution in [3.05, 3.63) is 18.1 Å². The molecule has 1 aromatic rings. The van der Waals surface area contributed by atoms with E-state index in [1.165, 1.54) is 6.20 Å². The van der Waals surface area contributed by atoms with E-state index >= 15 is 0 Å². The minimum atomic E-state index is -0.154. The van der Waals surface area contributed by atoms with Gasteiger partial charge in [-0.15, -0.1) is 0 Å². The summed E-state index contributed by atoms with van der Waals surface area (Å²) in [4.78, 5) is 20.1. The standard InChI is InChI=1S/C14H24N4O/c1-4-5-6-7-15-14(19)12-9-18-13(10-16-12)17-8-11(2)3/h9-11H,4-8H2,1-3H3,(H,15,19)(H,17,18). The Morgan fingerprint density at radius 3 is 2.63 bits per heavy atom. The van der Waals surface area contributed by atoms with Gasteiger partial charge in [-0.3, -0.25) is 4.79 Å². The van der Waals surface area contributed by atoms with E-state index < -0.39 is 0 Å². The molecule has 0 saturated heterocycles. The van der Waals surface area contributed by atoms with Gasteiger partial charge in [0.1, 0.15) is 11.5 Å². The number of hydrogen-bond donors (Lipinski definition) is 2. The van der Waals surface area contributed by atoms with Gasteiger partial charge < -0.3 is 10.6 Å². The predicted molar refractivity (Wildman–Crippen MR) is 77.2 cm³/mol. The van der Waals surface area contributed by atoms with Crippen molar-refractivity contribution < 1.29 is 4.79 Å². The highest BCUT2D eigenvalue weighted by Gasteiger charge is 2.07. The van der Waals surface area contributed by atoms with Crippen LogP contribution in [0.15, 0.2) is 12.4 Å². The van der Waals surface area contributed by atoms with Gasteiger partial charge in [0.2, 0.25) is 0 Å². The van der Waals surface area contributed by atoms with E-state index in [4.69, 9.17) is 0 Å². The van der Waals surface area contributed by atoms with Crippen molar-refractivity contribution in [1.29, 1.82) is 0 Å². The minimum absolute atomic E-state index is 0.154. The van der Waals surface area contributed by atoms with Gasteiger partial charge in [0.15, 0.2) is 0 Å². The lowest BCUT2D eigenvalue weighted by molar-refractivity contribution is 0.0947. The monoisotopic (exact) mass is 264 g/mol. The van der Waals surface area contributed by atoms with Crippen LogP contribution < -0.4 is 10.6 Å². The summed E-state index contributed by atoms with van der Waals surface area (Å²) < 4.78 is 0. The Balaban J connectivity index is 2.40. The summed E-state index contributed by atoms with van der Waals surface area (Å²) in [5.41, 5.74) is 0.367. The van der Waals surface area contributed by atoms with Crippen LogP contribution in [0.3, 0.4) is 0 Å². The summed E-state index contributed by atoms with van der Waals surface area (Å²) in [5, 5.41) is 6.01. The lowest BCUT2D eigenvalue weighted by Gasteiger charge is -2.08. The fraction of sp³-hybridized carbons (Fsp3) is 0.643. The zero-order valence-electron chi connectivity index (χ0n) is 12.1. The summed E-state index contributed by atoms with van der Waals surface area (Å²) in [7, 11) is 0. The van der Waals surface area contributed by atoms with E-state index in [1.807, 2.05) is 0 Å². The van der Waals surface area contributed by atoms with Crippen LogP contribution in [-0.2, 0) is 0 Å². The van der Waals surface area contributed by atoms with Crippen molar-refractivity contribution in [3.8, 4) is 0 Å². The molecule has 106 valence electrons. The average Bonchev–Trinajstić information content (AvgIpc) is 2.41. The van der Waals surface area contributed by atoms with E-state index in [0.29, 0.717) is 24.0 Å². The second-order valence-electron chi connectivity index (χ2n) is 5.02. The number of nitrogens with one attached hydrogen (secondary N) is 2. The largest absolute Gasteiger partial charge is 0.369 e. The first-order chi connectivity index (χ1) is 9.13. The maximum absolute atomic E-state index is 11.8. The van der Waals surface area contributed by atoms with Crippen LogP contribution in [0.5, 0.6) is 0 Å². The first-order valence-electron chi connectivity index (χ1n) is 6.97. The van der Waals surface area contributed by atoms with Crippen molar-refractivity contribution in [2.75, 3.05) is 18.4 Å². The number of unbranched alkanes of at least 4 members (excludes halogenated alkanes) is 2. The highest BCUT2D eigenvalue weighted by atomic mass is 16.1. The van der Waals surface area contributed by atoms with Crippen LogP contribution in [0.4, 0.5) is 5.82 Å². The van der Waals surface area contributed by atoms with Crippen molar-refractivity contribution in [1.82, 2.24) is 15.3 Å². The lowest BCUT2D eigenvalue weighted by Crippen LogP contribution is -2.25. The molecule has 0 spiro atoms. The first-order valence-corrected chi connectivity index (χ1v) is 6.97. The zero-order valence-corrected chi connectivity index (χ0v) is 12.1. The molecule has 0 aliphatic carbocycles. The van der Waals surface area contributed by atoms with Crippen LogP contribution in [0.25, 0.3) is 0 Å². The third-order valence-corrected chi connectivity index (χ3v) is 2.64. The molecule has 0 fully saturated rings. The minimum Gasteiger partial charge on any atom is -0.369 e. The summed E-state index contributed by atoms with van der Waals surface area (Å²) in [6.07, 6.45) is 6.39. The van der Waals surface area contributed by atoms with Crippen molar-refractivity contribution in [3.63, 3.8) is 0 Å². The average molecular weight is 264 g/mol. The van der Waals surface area contributed by atoms with E-state index in [2.05, 4.69) is 41.4 Å². The molecule has 2 N–H and O–H groups in total. The second-order valence-corrected chi connectivity index (χ2v) is 5.02. The Morgan fingerprint density at radius 2 is 2.05 bits per heavy atom. The molecule has 0 bridgehead atoms. The first kappa shape index (κ1) is 15.4. The van der Waals surface area contributed by atoms with Gasteiger partial charge in [0.05, 0.1) is 12.4 Å². The summed E-state index contributed by atoms with van der Waals surface area (Å²) in [5.74, 6) is 1.10. The van der Waals surface area contributed by atoms with Crippen LogP contribution in [0.2, 0.25) is 0 Å². The van der Waals surface area contributed by atoms with E-state index in [1.54, 1.807) is 6.20 Å². The molecule has 0 aromatic carbocycles. The van der Waals surface area contributed by atoms with E-state index in [9.17, 15) is 4.79 Å². The number of carbonyl (C=O) groups excluding carboxylic acids is 1. The molecule has 0 aliphatic heterocycles. The summed E-state index contributed by atoms with van der Waals surface area (Å²) >= 11 is 0. The zero-order chi connectivity index (χ0) is 14.1. The van der Waals surface area contributed by atoms with Crippen LogP contribution in [0, 0.1) is 5.92 Å². The second kappa shape index (κ2) is 8.45. The SMILES string of the molecule is CCCCCNC(=O)c1cnc(NCC(C)C)cn1. The molecular formula is C14H24N4O. The van der Waals surface area contributed by atoms with Gasteiger partial charge in [0.25, 0.3) is 5.91 Å². The van der Waals surface area contributed by atoms with Gasteiger partial charge in [-0.05, 0) is 12.3 Å². The fourth-order valence-corrected chi connectivity index (χ4v) is 1.51. The molecule has 1 amide bonds. The van der Waals surface area contributed by atoms with Crippen LogP contribution in [0.1, 0.15) is 50.5 Å². The highest BCUT2D eigenvalue weighted by Crippen LogP contribution is 2.03. The fourth-order valence-electron chi connectivity index (χ4n) is 1.51. The van der Waals surface area contributed by atoms with E-state index in [-0.39, 0.29) is 5.91 Å². The Morgan fingerprint density at radius 1 is 1.26 bits per heavy atom. The van der Waals surface area contributed by atoms with Gasteiger partial charge in [-0.1, -0.05) is 33.6 Å². The third-order valence-electron chi connectivity index (χ3n) is 2.64. The molecule has 5 heteroatoms. The number of carbonyl (C=O) groups is 1. The predicted octanol–water partition coefficient (Wildman–Crippen LogP) is 2.46. The van der Waals surface area contributed by atoms with Crippen molar-refractivity contribution in [2.45, 2.75) is 40.0 Å². The number of rotatable bonds is 8. The number of hydrogen-bond acceptors (Lipinski definition) is 4. The third kappa shape index (κ3) is 6.18. The van der Waals surface area contributed by atoms with Crippen LogP contribution in [-0.4, -0.2) is 29.0 Å². The molecule has 0 radical (unpaired) electrons. The Bertz CT molecular complexity index is 376. The number of amides is 1. The Kier molecular flexibility index (Phi) is 6.85. The smallest absolute Gasteiger partial charge is 0.271 e. The van der Waals surface area contributed by atoms with Gasteiger partial charge in [-0.25, -0.2) is 9.97 Å². The molecule has 5 nitrogen and oxygen atoms in total. The highest BCUT2D eigenvalue weighted by molar-refractivity contribution is 5.91. The molecule has 0 unspecified atom stereocenters. The van der Waals surface area contributed by atoms with Gasteiger partial charge in [0, 0.05) is 13.1 Å². The summed E-state index contributed by atoms with van der Waals surface area (Å²) in [6.45, 7) is 7.92. The molecule has 19 heavy (non-hydrogen) atoms. The van der Waals surface area contributed by atoms with Gasteiger partial charge in [-0.2, -0.15) is 0 Å².